The van der Waals surface area contributed by atoms with Gasteiger partial charge in [-0.2, -0.15) is 11.8 Å². The Morgan fingerprint density at radius 1 is 1.58 bits per heavy atom. The van der Waals surface area contributed by atoms with Gasteiger partial charge in [-0.3, -0.25) is 0 Å². The zero-order chi connectivity index (χ0) is 8.65. The van der Waals surface area contributed by atoms with E-state index in [-0.39, 0.29) is 0 Å². The monoisotopic (exact) mass is 189 g/mol. The molecule has 0 aliphatic carbocycles. The van der Waals surface area contributed by atoms with E-state index in [9.17, 15) is 0 Å². The Morgan fingerprint density at radius 2 is 2.50 bits per heavy atom. The second kappa shape index (κ2) is 6.75. The van der Waals surface area contributed by atoms with Crippen molar-refractivity contribution in [3.63, 3.8) is 0 Å². The minimum absolute atomic E-state index is 0.483. The first-order valence-corrected chi connectivity index (χ1v) is 5.99. The van der Waals surface area contributed by atoms with Crippen LogP contribution in [0.1, 0.15) is 19.8 Å². The highest BCUT2D eigenvalue weighted by Crippen LogP contribution is 2.07. The molecule has 1 atom stereocenters. The number of nitrogens with one attached hydrogen (secondary N) is 1. The third-order valence-corrected chi connectivity index (χ3v) is 2.90. The molecule has 0 aromatic carbocycles. The summed E-state index contributed by atoms with van der Waals surface area (Å²) in [6.07, 6.45) is 2.99. The van der Waals surface area contributed by atoms with Crippen molar-refractivity contribution < 1.29 is 4.74 Å². The highest BCUT2D eigenvalue weighted by molar-refractivity contribution is 7.99. The molecular weight excluding hydrogens is 170 g/mol. The van der Waals surface area contributed by atoms with Crippen LogP contribution in [0.4, 0.5) is 0 Å². The normalized spacial score (nSPS) is 24.2. The van der Waals surface area contributed by atoms with Crippen molar-refractivity contribution in [3.05, 3.63) is 0 Å². The number of thioether (sulfide) groups is 1. The summed E-state index contributed by atoms with van der Waals surface area (Å²) >= 11 is 1.95. The van der Waals surface area contributed by atoms with Crippen molar-refractivity contribution in [3.8, 4) is 0 Å². The minimum atomic E-state index is 0.483. The zero-order valence-electron chi connectivity index (χ0n) is 7.84. The van der Waals surface area contributed by atoms with Crippen LogP contribution in [0.2, 0.25) is 0 Å². The van der Waals surface area contributed by atoms with Gasteiger partial charge < -0.3 is 10.1 Å². The number of ether oxygens (including phenoxy) is 1. The van der Waals surface area contributed by atoms with Crippen molar-refractivity contribution in [2.45, 2.75) is 25.9 Å². The Hall–Kier alpha value is 0.270. The summed E-state index contributed by atoms with van der Waals surface area (Å²) in [5.41, 5.74) is 0. The van der Waals surface area contributed by atoms with Gasteiger partial charge >= 0.3 is 0 Å². The molecule has 72 valence electrons. The molecule has 1 aliphatic rings. The largest absolute Gasteiger partial charge is 0.376 e. The van der Waals surface area contributed by atoms with E-state index in [0.717, 1.165) is 18.9 Å². The van der Waals surface area contributed by atoms with Crippen LogP contribution in [0.3, 0.4) is 0 Å². The highest BCUT2D eigenvalue weighted by Gasteiger charge is 2.12. The predicted octanol–water partition coefficient (Wildman–Crippen LogP) is 1.51. The van der Waals surface area contributed by atoms with E-state index in [1.165, 1.54) is 25.1 Å². The molecule has 2 nitrogen and oxygen atoms in total. The molecule has 1 aliphatic heterocycles. The fourth-order valence-corrected chi connectivity index (χ4v) is 1.88. The molecule has 3 heteroatoms. The second-order valence-electron chi connectivity index (χ2n) is 3.04. The lowest BCUT2D eigenvalue weighted by molar-refractivity contribution is 0.0474. The summed E-state index contributed by atoms with van der Waals surface area (Å²) in [5.74, 6) is 2.35. The van der Waals surface area contributed by atoms with Gasteiger partial charge in [-0.25, -0.2) is 0 Å². The average Bonchev–Trinajstić information content (AvgIpc) is 2.14. The van der Waals surface area contributed by atoms with E-state index in [2.05, 4.69) is 12.2 Å². The van der Waals surface area contributed by atoms with Crippen molar-refractivity contribution in [2.75, 3.05) is 31.2 Å². The Morgan fingerprint density at radius 3 is 3.17 bits per heavy atom. The Bertz CT molecular complexity index is 105. The predicted molar refractivity (Wildman–Crippen MR) is 54.8 cm³/mol. The van der Waals surface area contributed by atoms with E-state index < -0.39 is 0 Å². The first-order valence-electron chi connectivity index (χ1n) is 4.83. The van der Waals surface area contributed by atoms with Crippen LogP contribution >= 0.6 is 11.8 Å². The van der Waals surface area contributed by atoms with E-state index >= 15 is 0 Å². The lowest BCUT2D eigenvalue weighted by atomic mass is 10.1. The van der Waals surface area contributed by atoms with Gasteiger partial charge in [0.2, 0.25) is 0 Å². The van der Waals surface area contributed by atoms with Crippen LogP contribution in [0.25, 0.3) is 0 Å². The summed E-state index contributed by atoms with van der Waals surface area (Å²) in [5, 5.41) is 3.34. The Kier molecular flexibility index (Phi) is 5.82. The molecule has 1 heterocycles. The topological polar surface area (TPSA) is 21.3 Å². The molecule has 0 saturated carbocycles. The summed E-state index contributed by atoms with van der Waals surface area (Å²) in [4.78, 5) is 0. The van der Waals surface area contributed by atoms with Crippen molar-refractivity contribution in [1.82, 2.24) is 5.32 Å². The maximum atomic E-state index is 5.70. The Balaban J connectivity index is 1.91. The molecule has 12 heavy (non-hydrogen) atoms. The molecule has 1 unspecified atom stereocenters. The minimum Gasteiger partial charge on any atom is -0.376 e. The SMILES string of the molecule is CCSCCOC1CCCNC1. The lowest BCUT2D eigenvalue weighted by Gasteiger charge is -2.22. The van der Waals surface area contributed by atoms with E-state index in [0.29, 0.717) is 6.10 Å². The molecule has 0 radical (unpaired) electrons. The summed E-state index contributed by atoms with van der Waals surface area (Å²) < 4.78 is 5.70. The lowest BCUT2D eigenvalue weighted by Crippen LogP contribution is -2.35. The van der Waals surface area contributed by atoms with Gasteiger partial charge in [0.15, 0.2) is 0 Å². The zero-order valence-corrected chi connectivity index (χ0v) is 8.66. The van der Waals surface area contributed by atoms with Crippen LogP contribution in [-0.2, 0) is 4.74 Å². The first-order chi connectivity index (χ1) is 5.93. The van der Waals surface area contributed by atoms with Gasteiger partial charge in [0.25, 0.3) is 0 Å². The fourth-order valence-electron chi connectivity index (χ4n) is 1.38. The molecule has 0 aromatic rings. The van der Waals surface area contributed by atoms with Crippen molar-refractivity contribution in [2.24, 2.45) is 0 Å². The molecule has 0 amide bonds. The summed E-state index contributed by atoms with van der Waals surface area (Å²) in [6, 6.07) is 0. The molecule has 1 fully saturated rings. The maximum Gasteiger partial charge on any atom is 0.0700 e. The first kappa shape index (κ1) is 10.4. The van der Waals surface area contributed by atoms with Crippen LogP contribution in [-0.4, -0.2) is 37.3 Å². The van der Waals surface area contributed by atoms with E-state index in [1.54, 1.807) is 0 Å². The molecular formula is C9H19NOS. The van der Waals surface area contributed by atoms with Gasteiger partial charge in [0.05, 0.1) is 12.7 Å². The van der Waals surface area contributed by atoms with E-state index in [1.807, 2.05) is 11.8 Å². The highest BCUT2D eigenvalue weighted by atomic mass is 32.2. The fraction of sp³-hybridized carbons (Fsp3) is 1.00. The maximum absolute atomic E-state index is 5.70. The van der Waals surface area contributed by atoms with Gasteiger partial charge in [-0.15, -0.1) is 0 Å². The Labute approximate surface area is 79.4 Å². The van der Waals surface area contributed by atoms with Gasteiger partial charge in [0.1, 0.15) is 0 Å². The standard InChI is InChI=1S/C9H19NOS/c1-2-12-7-6-11-9-4-3-5-10-8-9/h9-10H,2-8H2,1H3. The summed E-state index contributed by atoms with van der Waals surface area (Å²) in [6.45, 7) is 5.33. The van der Waals surface area contributed by atoms with Gasteiger partial charge in [0, 0.05) is 12.3 Å². The molecule has 1 N–H and O–H groups in total. The van der Waals surface area contributed by atoms with Gasteiger partial charge in [-0.1, -0.05) is 6.92 Å². The molecule has 1 rings (SSSR count). The number of hydrogen-bond acceptors (Lipinski definition) is 3. The van der Waals surface area contributed by atoms with E-state index in [4.69, 9.17) is 4.74 Å². The van der Waals surface area contributed by atoms with Crippen LogP contribution < -0.4 is 5.32 Å². The molecule has 1 saturated heterocycles. The van der Waals surface area contributed by atoms with Crippen LogP contribution in [0.5, 0.6) is 0 Å². The molecule has 0 bridgehead atoms. The molecule has 0 aromatic heterocycles. The number of piperidine rings is 1. The van der Waals surface area contributed by atoms with Crippen LogP contribution in [0.15, 0.2) is 0 Å². The second-order valence-corrected chi connectivity index (χ2v) is 4.43. The third kappa shape index (κ3) is 4.33. The quantitative estimate of drug-likeness (QED) is 0.662. The van der Waals surface area contributed by atoms with Crippen LogP contribution in [0, 0.1) is 0 Å². The molecule has 0 spiro atoms. The summed E-state index contributed by atoms with van der Waals surface area (Å²) in [7, 11) is 0. The average molecular weight is 189 g/mol. The third-order valence-electron chi connectivity index (χ3n) is 2.04. The van der Waals surface area contributed by atoms with Crippen molar-refractivity contribution >= 4 is 11.8 Å². The van der Waals surface area contributed by atoms with Crippen molar-refractivity contribution in [1.29, 1.82) is 0 Å². The smallest absolute Gasteiger partial charge is 0.0700 e. The number of hydrogen-bond donors (Lipinski definition) is 1. The number of rotatable bonds is 5. The van der Waals surface area contributed by atoms with Gasteiger partial charge in [-0.05, 0) is 25.1 Å².